The number of alkyl halides is 7. The molecule has 0 amide bonds. The molecular weight excluding hydrogens is 217 g/mol. The highest BCUT2D eigenvalue weighted by Crippen LogP contribution is 2.42. The van der Waals surface area contributed by atoms with Gasteiger partial charge in [0.25, 0.3) is 0 Å². The summed E-state index contributed by atoms with van der Waals surface area (Å²) in [7, 11) is 0. The van der Waals surface area contributed by atoms with E-state index in [1.807, 2.05) is 0 Å². The summed E-state index contributed by atoms with van der Waals surface area (Å²) >= 11 is 0. The Morgan fingerprint density at radius 1 is 1.00 bits per heavy atom. The average Bonchev–Trinajstić information content (AvgIpc) is 2.02. The SMILES string of the molecule is [CH2]C[C@H](F)CC(F)(F)C(F)(F)C(F)F. The zero-order valence-corrected chi connectivity index (χ0v) is 6.92. The van der Waals surface area contributed by atoms with Crippen LogP contribution >= 0.6 is 0 Å². The third kappa shape index (κ3) is 2.75. The van der Waals surface area contributed by atoms with Crippen LogP contribution in [0.25, 0.3) is 0 Å². The number of halogens is 7. The summed E-state index contributed by atoms with van der Waals surface area (Å²) in [4.78, 5) is 0. The predicted molar refractivity (Wildman–Crippen MR) is 35.4 cm³/mol. The summed E-state index contributed by atoms with van der Waals surface area (Å²) in [6, 6.07) is 0. The summed E-state index contributed by atoms with van der Waals surface area (Å²) in [6.07, 6.45) is -9.47. The molecule has 0 aliphatic rings. The molecule has 0 nitrogen and oxygen atoms in total. The topological polar surface area (TPSA) is 0 Å². The Balaban J connectivity index is 4.59. The highest BCUT2D eigenvalue weighted by molar-refractivity contribution is 4.89. The van der Waals surface area contributed by atoms with Gasteiger partial charge in [0.15, 0.2) is 0 Å². The van der Waals surface area contributed by atoms with Crippen LogP contribution in [-0.2, 0) is 0 Å². The molecule has 0 aromatic carbocycles. The quantitative estimate of drug-likeness (QED) is 0.628. The first kappa shape index (κ1) is 13.5. The van der Waals surface area contributed by atoms with E-state index in [4.69, 9.17) is 0 Å². The molecule has 1 atom stereocenters. The average molecular weight is 225 g/mol. The summed E-state index contributed by atoms with van der Waals surface area (Å²) < 4.78 is 84.3. The summed E-state index contributed by atoms with van der Waals surface area (Å²) in [6.45, 7) is 2.86. The van der Waals surface area contributed by atoms with Gasteiger partial charge in [0.2, 0.25) is 0 Å². The molecule has 0 bridgehead atoms. The van der Waals surface area contributed by atoms with Crippen molar-refractivity contribution in [1.29, 1.82) is 0 Å². The smallest absolute Gasteiger partial charge is 0.247 e. The molecule has 0 spiro atoms. The fourth-order valence-electron chi connectivity index (χ4n) is 0.676. The van der Waals surface area contributed by atoms with Crippen molar-refractivity contribution in [2.24, 2.45) is 0 Å². The molecule has 14 heavy (non-hydrogen) atoms. The maximum absolute atomic E-state index is 12.4. The van der Waals surface area contributed by atoms with Crippen molar-refractivity contribution in [3.05, 3.63) is 6.92 Å². The van der Waals surface area contributed by atoms with Crippen LogP contribution in [0.4, 0.5) is 30.7 Å². The first-order valence-electron chi connectivity index (χ1n) is 3.62. The van der Waals surface area contributed by atoms with Gasteiger partial charge in [-0.25, -0.2) is 13.2 Å². The van der Waals surface area contributed by atoms with Gasteiger partial charge in [0.05, 0.1) is 0 Å². The van der Waals surface area contributed by atoms with Gasteiger partial charge < -0.3 is 0 Å². The fourth-order valence-corrected chi connectivity index (χ4v) is 0.676. The van der Waals surface area contributed by atoms with E-state index < -0.39 is 37.3 Å². The second-order valence-corrected chi connectivity index (χ2v) is 2.72. The van der Waals surface area contributed by atoms with Crippen LogP contribution < -0.4 is 0 Å². The lowest BCUT2D eigenvalue weighted by atomic mass is 10.0. The normalized spacial score (nSPS) is 16.1. The molecule has 0 saturated carbocycles. The lowest BCUT2D eigenvalue weighted by molar-refractivity contribution is -0.269. The highest BCUT2D eigenvalue weighted by atomic mass is 19.3. The van der Waals surface area contributed by atoms with Crippen LogP contribution in [0, 0.1) is 6.92 Å². The number of rotatable bonds is 5. The van der Waals surface area contributed by atoms with Gasteiger partial charge >= 0.3 is 18.3 Å². The van der Waals surface area contributed by atoms with Crippen LogP contribution in [0.3, 0.4) is 0 Å². The molecule has 0 unspecified atom stereocenters. The molecule has 0 rings (SSSR count). The van der Waals surface area contributed by atoms with Crippen molar-refractivity contribution >= 4 is 0 Å². The molecule has 0 saturated heterocycles. The Morgan fingerprint density at radius 2 is 1.43 bits per heavy atom. The Hall–Kier alpha value is -0.490. The van der Waals surface area contributed by atoms with Gasteiger partial charge in [-0.15, -0.1) is 0 Å². The van der Waals surface area contributed by atoms with Crippen molar-refractivity contribution in [1.82, 2.24) is 0 Å². The van der Waals surface area contributed by atoms with Crippen molar-refractivity contribution < 1.29 is 30.7 Å². The molecule has 85 valence electrons. The van der Waals surface area contributed by atoms with Crippen LogP contribution in [0.15, 0.2) is 0 Å². The molecule has 0 aromatic rings. The van der Waals surface area contributed by atoms with Crippen molar-refractivity contribution in [2.45, 2.75) is 37.3 Å². The van der Waals surface area contributed by atoms with Gasteiger partial charge in [-0.2, -0.15) is 17.6 Å². The first-order valence-corrected chi connectivity index (χ1v) is 3.62. The minimum absolute atomic E-state index is 0.672. The maximum Gasteiger partial charge on any atom is 0.369 e. The largest absolute Gasteiger partial charge is 0.369 e. The zero-order chi connectivity index (χ0) is 11.6. The molecule has 0 aromatic heterocycles. The molecule has 1 radical (unpaired) electrons. The van der Waals surface area contributed by atoms with E-state index in [1.54, 1.807) is 0 Å². The highest BCUT2D eigenvalue weighted by Gasteiger charge is 2.63. The van der Waals surface area contributed by atoms with E-state index in [1.165, 1.54) is 0 Å². The molecule has 0 heterocycles. The van der Waals surface area contributed by atoms with Crippen LogP contribution in [0.2, 0.25) is 0 Å². The van der Waals surface area contributed by atoms with E-state index in [0.717, 1.165) is 0 Å². The Morgan fingerprint density at radius 3 is 1.71 bits per heavy atom. The second-order valence-electron chi connectivity index (χ2n) is 2.72. The minimum atomic E-state index is -5.51. The lowest BCUT2D eigenvalue weighted by Crippen LogP contribution is -2.47. The van der Waals surface area contributed by atoms with Gasteiger partial charge in [-0.05, 0) is 6.42 Å². The standard InChI is InChI=1S/C7H8F7/c1-2-4(8)3-6(11,12)7(13,14)5(9)10/h4-5H,1-3H2/t4-/m0/s1. The molecule has 0 aliphatic heterocycles. The van der Waals surface area contributed by atoms with E-state index in [-0.39, 0.29) is 0 Å². The van der Waals surface area contributed by atoms with E-state index in [0.29, 0.717) is 0 Å². The lowest BCUT2D eigenvalue weighted by Gasteiger charge is -2.26. The van der Waals surface area contributed by atoms with Gasteiger partial charge in [0.1, 0.15) is 6.17 Å². The zero-order valence-electron chi connectivity index (χ0n) is 6.92. The maximum atomic E-state index is 12.4. The van der Waals surface area contributed by atoms with Crippen molar-refractivity contribution in [3.63, 3.8) is 0 Å². The molecule has 0 fully saturated rings. The van der Waals surface area contributed by atoms with E-state index >= 15 is 0 Å². The summed E-state index contributed by atoms with van der Waals surface area (Å²) in [5, 5.41) is 0. The minimum Gasteiger partial charge on any atom is -0.247 e. The van der Waals surface area contributed by atoms with E-state index in [9.17, 15) is 30.7 Å². The molecule has 0 N–H and O–H groups in total. The Kier molecular flexibility index (Phi) is 4.20. The number of hydrogen-bond acceptors (Lipinski definition) is 0. The second kappa shape index (κ2) is 4.35. The summed E-state index contributed by atoms with van der Waals surface area (Å²) in [5.74, 6) is -10.6. The molecule has 7 heteroatoms. The monoisotopic (exact) mass is 225 g/mol. The number of hydrogen-bond donors (Lipinski definition) is 0. The fraction of sp³-hybridized carbons (Fsp3) is 0.857. The Labute approximate surface area is 76.1 Å². The molecule has 0 aliphatic carbocycles. The Bertz CT molecular complexity index is 177. The molecular formula is C7H8F7. The van der Waals surface area contributed by atoms with Crippen LogP contribution in [-0.4, -0.2) is 24.4 Å². The van der Waals surface area contributed by atoms with Gasteiger partial charge in [-0.3, -0.25) is 0 Å². The van der Waals surface area contributed by atoms with Crippen LogP contribution in [0.5, 0.6) is 0 Å². The van der Waals surface area contributed by atoms with Gasteiger partial charge in [0, 0.05) is 6.42 Å². The van der Waals surface area contributed by atoms with Crippen molar-refractivity contribution in [3.8, 4) is 0 Å². The third-order valence-corrected chi connectivity index (χ3v) is 1.55. The predicted octanol–water partition coefficient (Wildman–Crippen LogP) is 3.47. The third-order valence-electron chi connectivity index (χ3n) is 1.55. The first-order chi connectivity index (χ1) is 6.15. The summed E-state index contributed by atoms with van der Waals surface area (Å²) in [5.41, 5.74) is 0. The van der Waals surface area contributed by atoms with E-state index in [2.05, 4.69) is 6.92 Å². The van der Waals surface area contributed by atoms with Crippen molar-refractivity contribution in [2.75, 3.05) is 0 Å². The van der Waals surface area contributed by atoms with Crippen LogP contribution in [0.1, 0.15) is 12.8 Å². The van der Waals surface area contributed by atoms with Gasteiger partial charge in [-0.1, -0.05) is 6.92 Å².